The summed E-state index contributed by atoms with van der Waals surface area (Å²) in [7, 11) is 0. The Morgan fingerprint density at radius 3 is 2.62 bits per heavy atom. The van der Waals surface area contributed by atoms with Crippen LogP contribution in [0.15, 0.2) is 24.3 Å². The van der Waals surface area contributed by atoms with Crippen molar-refractivity contribution < 1.29 is 14.4 Å². The molecule has 4 amide bonds. The molecule has 2 fully saturated rings. The summed E-state index contributed by atoms with van der Waals surface area (Å²) in [6.45, 7) is 6.75. The van der Waals surface area contributed by atoms with Crippen molar-refractivity contribution in [1.82, 2.24) is 15.5 Å². The quantitative estimate of drug-likeness (QED) is 0.687. The van der Waals surface area contributed by atoms with E-state index in [4.69, 9.17) is 11.6 Å². The van der Waals surface area contributed by atoms with Crippen molar-refractivity contribution in [2.24, 2.45) is 11.3 Å². The third kappa shape index (κ3) is 4.58. The predicted molar refractivity (Wildman–Crippen MR) is 112 cm³/mol. The van der Waals surface area contributed by atoms with Crippen LogP contribution < -0.4 is 10.6 Å². The van der Waals surface area contributed by atoms with Gasteiger partial charge in [0.2, 0.25) is 5.91 Å². The number of imide groups is 1. The van der Waals surface area contributed by atoms with Crippen molar-refractivity contribution in [1.29, 1.82) is 0 Å². The summed E-state index contributed by atoms with van der Waals surface area (Å²) in [5, 5.41) is 6.23. The van der Waals surface area contributed by atoms with E-state index in [0.717, 1.165) is 29.7 Å². The average molecular weight is 420 g/mol. The number of amides is 4. The van der Waals surface area contributed by atoms with Gasteiger partial charge in [-0.15, -0.1) is 0 Å². The molecule has 158 valence electrons. The van der Waals surface area contributed by atoms with Crippen molar-refractivity contribution >= 4 is 29.4 Å². The molecule has 1 aliphatic carbocycles. The number of carbonyl (C=O) groups excluding carboxylic acids is 3. The highest BCUT2D eigenvalue weighted by Crippen LogP contribution is 2.45. The van der Waals surface area contributed by atoms with Gasteiger partial charge in [-0.2, -0.15) is 0 Å². The summed E-state index contributed by atoms with van der Waals surface area (Å²) in [4.78, 5) is 38.8. The third-order valence-corrected chi connectivity index (χ3v) is 7.02. The SMILES string of the molecule is CCC(C)(C)C1CCC2(CC1)NC(=O)N(CC(=O)NCc1cccc(Cl)c1)C2=O. The predicted octanol–water partition coefficient (Wildman–Crippen LogP) is 3.87. The highest BCUT2D eigenvalue weighted by molar-refractivity contribution is 6.30. The normalized spacial score (nSPS) is 24.7. The zero-order valence-electron chi connectivity index (χ0n) is 17.4. The fraction of sp³-hybridized carbons (Fsp3) is 0.591. The average Bonchev–Trinajstić information content (AvgIpc) is 2.91. The fourth-order valence-electron chi connectivity index (χ4n) is 4.39. The van der Waals surface area contributed by atoms with Gasteiger partial charge in [0.25, 0.3) is 5.91 Å². The summed E-state index contributed by atoms with van der Waals surface area (Å²) in [6, 6.07) is 6.71. The topological polar surface area (TPSA) is 78.5 Å². The van der Waals surface area contributed by atoms with E-state index in [1.807, 2.05) is 6.07 Å². The highest BCUT2D eigenvalue weighted by Gasteiger charge is 2.53. The van der Waals surface area contributed by atoms with Gasteiger partial charge in [-0.1, -0.05) is 50.9 Å². The molecular formula is C22H30ClN3O3. The first kappa shape index (κ1) is 21.6. The second-order valence-corrected chi connectivity index (χ2v) is 9.36. The molecule has 1 aliphatic heterocycles. The molecule has 7 heteroatoms. The zero-order valence-corrected chi connectivity index (χ0v) is 18.1. The number of halogens is 1. The van der Waals surface area contributed by atoms with Crippen LogP contribution in [0.25, 0.3) is 0 Å². The van der Waals surface area contributed by atoms with Gasteiger partial charge in [0.05, 0.1) is 0 Å². The van der Waals surface area contributed by atoms with Crippen molar-refractivity contribution in [3.8, 4) is 0 Å². The molecule has 2 aliphatic rings. The summed E-state index contributed by atoms with van der Waals surface area (Å²) in [5.74, 6) is -0.0997. The molecule has 0 atom stereocenters. The smallest absolute Gasteiger partial charge is 0.325 e. The van der Waals surface area contributed by atoms with E-state index in [9.17, 15) is 14.4 Å². The Kier molecular flexibility index (Phi) is 6.22. The molecule has 0 radical (unpaired) electrons. The minimum absolute atomic E-state index is 0.229. The Morgan fingerprint density at radius 2 is 2.00 bits per heavy atom. The van der Waals surface area contributed by atoms with Crippen LogP contribution in [0, 0.1) is 11.3 Å². The lowest BCUT2D eigenvalue weighted by Gasteiger charge is -2.42. The Labute approximate surface area is 177 Å². The first-order valence-corrected chi connectivity index (χ1v) is 10.7. The van der Waals surface area contributed by atoms with Crippen LogP contribution in [0.1, 0.15) is 58.4 Å². The van der Waals surface area contributed by atoms with Crippen LogP contribution in [-0.4, -0.2) is 34.8 Å². The maximum Gasteiger partial charge on any atom is 0.325 e. The molecule has 2 N–H and O–H groups in total. The van der Waals surface area contributed by atoms with Gasteiger partial charge < -0.3 is 10.6 Å². The van der Waals surface area contributed by atoms with Crippen molar-refractivity contribution in [2.45, 2.75) is 65.0 Å². The molecule has 1 saturated heterocycles. The molecule has 1 aromatic rings. The minimum Gasteiger partial charge on any atom is -0.350 e. The number of hydrogen-bond acceptors (Lipinski definition) is 3. The molecule has 3 rings (SSSR count). The van der Waals surface area contributed by atoms with Gasteiger partial charge in [0.1, 0.15) is 12.1 Å². The third-order valence-electron chi connectivity index (χ3n) is 6.78. The lowest BCUT2D eigenvalue weighted by molar-refractivity contribution is -0.136. The standard InChI is InChI=1S/C22H30ClN3O3/c1-4-21(2,3)16-8-10-22(11-9-16)19(28)26(20(29)25-22)14-18(27)24-13-15-6-5-7-17(23)12-15/h5-7,12,16H,4,8-11,13-14H2,1-3H3,(H,24,27)(H,25,29). The van der Waals surface area contributed by atoms with Crippen molar-refractivity contribution in [2.75, 3.05) is 6.54 Å². The second kappa shape index (κ2) is 8.34. The van der Waals surface area contributed by atoms with E-state index in [0.29, 0.717) is 30.3 Å². The van der Waals surface area contributed by atoms with Crippen molar-refractivity contribution in [3.05, 3.63) is 34.9 Å². The Hall–Kier alpha value is -2.08. The lowest BCUT2D eigenvalue weighted by atomic mass is 9.65. The van der Waals surface area contributed by atoms with E-state index in [1.165, 1.54) is 0 Å². The number of rotatable bonds is 6. The molecule has 1 saturated carbocycles. The molecule has 6 nitrogen and oxygen atoms in total. The van der Waals surface area contributed by atoms with Crippen LogP contribution >= 0.6 is 11.6 Å². The van der Waals surface area contributed by atoms with Crippen molar-refractivity contribution in [3.63, 3.8) is 0 Å². The summed E-state index contributed by atoms with van der Waals surface area (Å²) in [5.41, 5.74) is 0.244. The molecular weight excluding hydrogens is 390 g/mol. The number of nitrogens with one attached hydrogen (secondary N) is 2. The highest BCUT2D eigenvalue weighted by atomic mass is 35.5. The zero-order chi connectivity index (χ0) is 21.2. The summed E-state index contributed by atoms with van der Waals surface area (Å²) in [6.07, 6.45) is 4.16. The van der Waals surface area contributed by atoms with Crippen LogP contribution in [0.3, 0.4) is 0 Å². The van der Waals surface area contributed by atoms with Gasteiger partial charge >= 0.3 is 6.03 Å². The molecule has 1 aromatic carbocycles. The molecule has 0 unspecified atom stereocenters. The number of carbonyl (C=O) groups is 3. The van der Waals surface area contributed by atoms with Gasteiger partial charge in [-0.05, 0) is 54.7 Å². The number of urea groups is 1. The minimum atomic E-state index is -0.843. The first-order valence-electron chi connectivity index (χ1n) is 10.3. The lowest BCUT2D eigenvalue weighted by Crippen LogP contribution is -2.51. The van der Waals surface area contributed by atoms with E-state index in [1.54, 1.807) is 18.2 Å². The van der Waals surface area contributed by atoms with Gasteiger partial charge in [0, 0.05) is 11.6 Å². The number of nitrogens with zero attached hydrogens (tertiary/aromatic N) is 1. The summed E-state index contributed by atoms with van der Waals surface area (Å²) >= 11 is 5.95. The van der Waals surface area contributed by atoms with E-state index in [2.05, 4.69) is 31.4 Å². The van der Waals surface area contributed by atoms with Gasteiger partial charge in [-0.25, -0.2) is 4.79 Å². The molecule has 1 heterocycles. The van der Waals surface area contributed by atoms with Crippen LogP contribution in [0.4, 0.5) is 4.79 Å². The fourth-order valence-corrected chi connectivity index (χ4v) is 4.60. The number of benzene rings is 1. The van der Waals surface area contributed by atoms with Gasteiger partial charge in [-0.3, -0.25) is 14.5 Å². The monoisotopic (exact) mass is 419 g/mol. The molecule has 0 aromatic heterocycles. The Bertz CT molecular complexity index is 800. The first-order chi connectivity index (χ1) is 13.7. The van der Waals surface area contributed by atoms with Gasteiger partial charge in [0.15, 0.2) is 0 Å². The van der Waals surface area contributed by atoms with E-state index >= 15 is 0 Å². The molecule has 1 spiro atoms. The van der Waals surface area contributed by atoms with E-state index in [-0.39, 0.29) is 23.8 Å². The maximum absolute atomic E-state index is 13.0. The summed E-state index contributed by atoms with van der Waals surface area (Å²) < 4.78 is 0. The Morgan fingerprint density at radius 1 is 1.31 bits per heavy atom. The maximum atomic E-state index is 13.0. The second-order valence-electron chi connectivity index (χ2n) is 8.93. The van der Waals surface area contributed by atoms with Crippen LogP contribution in [-0.2, 0) is 16.1 Å². The molecule has 0 bridgehead atoms. The molecule has 29 heavy (non-hydrogen) atoms. The Balaban J connectivity index is 1.57. The number of hydrogen-bond donors (Lipinski definition) is 2. The largest absolute Gasteiger partial charge is 0.350 e. The van der Waals surface area contributed by atoms with E-state index < -0.39 is 11.6 Å². The van der Waals surface area contributed by atoms with Crippen LogP contribution in [0.2, 0.25) is 5.02 Å². The van der Waals surface area contributed by atoms with Crippen LogP contribution in [0.5, 0.6) is 0 Å².